The minimum absolute atomic E-state index is 0.526. The van der Waals surface area contributed by atoms with Gasteiger partial charge in [-0.3, -0.25) is 0 Å². The van der Waals surface area contributed by atoms with E-state index in [0.29, 0.717) is 5.54 Å². The van der Waals surface area contributed by atoms with Gasteiger partial charge in [-0.15, -0.1) is 11.3 Å². The molecule has 20 heavy (non-hydrogen) atoms. The van der Waals surface area contributed by atoms with E-state index in [9.17, 15) is 0 Å². The number of rotatable bonds is 4. The van der Waals surface area contributed by atoms with Crippen molar-refractivity contribution in [1.82, 2.24) is 5.32 Å². The normalized spacial score (nSPS) is 42.3. The molecule has 1 N–H and O–H groups in total. The number of hydrogen-bond acceptors (Lipinski definition) is 2. The van der Waals surface area contributed by atoms with Crippen LogP contribution in [0.15, 0.2) is 12.1 Å². The molecule has 0 amide bonds. The molecule has 5 aliphatic rings. The first kappa shape index (κ1) is 12.2. The van der Waals surface area contributed by atoms with Crippen LogP contribution in [0.2, 0.25) is 0 Å². The van der Waals surface area contributed by atoms with Gasteiger partial charge in [0.15, 0.2) is 0 Å². The molecule has 0 saturated heterocycles. The van der Waals surface area contributed by atoms with Crippen LogP contribution in [0.4, 0.5) is 0 Å². The third-order valence-electron chi connectivity index (χ3n) is 6.34. The summed E-state index contributed by atoms with van der Waals surface area (Å²) in [6.45, 7) is 1.13. The van der Waals surface area contributed by atoms with Crippen LogP contribution in [-0.4, -0.2) is 5.54 Å². The molecule has 1 aromatic heterocycles. The van der Waals surface area contributed by atoms with Crippen molar-refractivity contribution in [2.75, 3.05) is 0 Å². The van der Waals surface area contributed by atoms with E-state index in [1.807, 2.05) is 0 Å². The first-order valence-corrected chi connectivity index (χ1v) is 9.43. The molecule has 5 aliphatic carbocycles. The van der Waals surface area contributed by atoms with Crippen molar-refractivity contribution in [1.29, 1.82) is 0 Å². The van der Waals surface area contributed by atoms with E-state index in [-0.39, 0.29) is 0 Å². The van der Waals surface area contributed by atoms with Gasteiger partial charge in [0.05, 0.1) is 0 Å². The second-order valence-corrected chi connectivity index (χ2v) is 9.33. The summed E-state index contributed by atoms with van der Waals surface area (Å²) in [5, 5.41) is 4.03. The molecule has 108 valence electrons. The summed E-state index contributed by atoms with van der Waals surface area (Å²) in [7, 11) is 0. The van der Waals surface area contributed by atoms with Gasteiger partial charge in [0, 0.05) is 21.8 Å². The van der Waals surface area contributed by atoms with Crippen LogP contribution in [0.5, 0.6) is 0 Å². The van der Waals surface area contributed by atoms with Crippen molar-refractivity contribution in [3.63, 3.8) is 0 Å². The fourth-order valence-corrected chi connectivity index (χ4v) is 6.80. The maximum absolute atomic E-state index is 4.03. The van der Waals surface area contributed by atoms with Crippen LogP contribution in [0.1, 0.15) is 67.0 Å². The van der Waals surface area contributed by atoms with Gasteiger partial charge in [-0.05, 0) is 87.2 Å². The van der Waals surface area contributed by atoms with Crippen LogP contribution in [0, 0.1) is 17.8 Å². The van der Waals surface area contributed by atoms with Gasteiger partial charge in [0.1, 0.15) is 0 Å². The highest BCUT2D eigenvalue weighted by Gasteiger charge is 2.50. The van der Waals surface area contributed by atoms with E-state index < -0.39 is 0 Å². The van der Waals surface area contributed by atoms with Crippen LogP contribution in [-0.2, 0) is 6.54 Å². The summed E-state index contributed by atoms with van der Waals surface area (Å²) in [5.74, 6) is 4.09. The Hall–Kier alpha value is -0.340. The number of thiophene rings is 1. The Kier molecular flexibility index (Phi) is 2.65. The van der Waals surface area contributed by atoms with Crippen molar-refractivity contribution < 1.29 is 0 Å². The van der Waals surface area contributed by atoms with Crippen molar-refractivity contribution in [3.05, 3.63) is 21.9 Å². The molecule has 5 saturated carbocycles. The Balaban J connectivity index is 1.28. The molecule has 0 radical (unpaired) electrons. The fraction of sp³-hybridized carbons (Fsp3) is 0.778. The topological polar surface area (TPSA) is 12.0 Å². The molecule has 0 spiro atoms. The third kappa shape index (κ3) is 2.07. The Morgan fingerprint density at radius 3 is 2.25 bits per heavy atom. The van der Waals surface area contributed by atoms with E-state index in [1.54, 1.807) is 29.0 Å². The Morgan fingerprint density at radius 2 is 1.65 bits per heavy atom. The molecular formula is C18H25NS. The highest BCUT2D eigenvalue weighted by Crippen LogP contribution is 2.55. The smallest absolute Gasteiger partial charge is 0.0305 e. The van der Waals surface area contributed by atoms with Crippen molar-refractivity contribution in [3.8, 4) is 0 Å². The predicted molar refractivity (Wildman–Crippen MR) is 84.0 cm³/mol. The molecule has 0 aliphatic heterocycles. The second-order valence-electron chi connectivity index (χ2n) is 8.13. The third-order valence-corrected chi connectivity index (χ3v) is 7.59. The summed E-state index contributed by atoms with van der Waals surface area (Å²) in [6, 6.07) is 4.77. The van der Waals surface area contributed by atoms with Gasteiger partial charge < -0.3 is 5.32 Å². The standard InChI is InChI=1S/C18H25NS/c1-2-15(1)17-4-3-16(20-17)11-19-18-8-12-5-13(9-18)7-14(6-12)10-18/h3-4,12-15,19H,1-2,5-11H2. The molecule has 5 fully saturated rings. The van der Waals surface area contributed by atoms with Gasteiger partial charge in [-0.25, -0.2) is 0 Å². The van der Waals surface area contributed by atoms with Crippen LogP contribution < -0.4 is 5.32 Å². The molecule has 0 atom stereocenters. The SMILES string of the molecule is c1cc(C2CC2)sc1CNC12CC3CC(CC(C3)C1)C2. The monoisotopic (exact) mass is 287 g/mol. The van der Waals surface area contributed by atoms with E-state index in [1.165, 1.54) is 32.1 Å². The molecular weight excluding hydrogens is 262 g/mol. The van der Waals surface area contributed by atoms with Crippen LogP contribution in [0.3, 0.4) is 0 Å². The highest BCUT2D eigenvalue weighted by atomic mass is 32.1. The van der Waals surface area contributed by atoms with E-state index in [4.69, 9.17) is 0 Å². The summed E-state index contributed by atoms with van der Waals surface area (Å²) in [5.41, 5.74) is 0.526. The Morgan fingerprint density at radius 1 is 1.00 bits per heavy atom. The van der Waals surface area contributed by atoms with E-state index >= 15 is 0 Å². The lowest BCUT2D eigenvalue weighted by atomic mass is 9.53. The van der Waals surface area contributed by atoms with Gasteiger partial charge in [0.25, 0.3) is 0 Å². The Bertz CT molecular complexity index is 478. The van der Waals surface area contributed by atoms with Crippen molar-refractivity contribution in [2.24, 2.45) is 17.8 Å². The van der Waals surface area contributed by atoms with Crippen LogP contribution >= 0.6 is 11.3 Å². The summed E-state index contributed by atoms with van der Waals surface area (Å²) in [4.78, 5) is 3.22. The quantitative estimate of drug-likeness (QED) is 0.847. The molecule has 6 rings (SSSR count). The lowest BCUT2D eigenvalue weighted by Crippen LogP contribution is -2.58. The molecule has 2 heteroatoms. The number of hydrogen-bond donors (Lipinski definition) is 1. The highest BCUT2D eigenvalue weighted by molar-refractivity contribution is 7.12. The van der Waals surface area contributed by atoms with Crippen LogP contribution in [0.25, 0.3) is 0 Å². The largest absolute Gasteiger partial charge is 0.306 e. The van der Waals surface area contributed by atoms with Gasteiger partial charge in [0.2, 0.25) is 0 Å². The zero-order valence-corrected chi connectivity index (χ0v) is 13.1. The van der Waals surface area contributed by atoms with Gasteiger partial charge >= 0.3 is 0 Å². The summed E-state index contributed by atoms with van der Waals surface area (Å²) in [6.07, 6.45) is 11.9. The molecule has 4 bridgehead atoms. The maximum atomic E-state index is 4.03. The van der Waals surface area contributed by atoms with Crippen molar-refractivity contribution >= 4 is 11.3 Å². The minimum Gasteiger partial charge on any atom is -0.306 e. The molecule has 1 nitrogen and oxygen atoms in total. The zero-order valence-electron chi connectivity index (χ0n) is 12.2. The molecule has 1 heterocycles. The average Bonchev–Trinajstić information content (AvgIpc) is 3.14. The fourth-order valence-electron chi connectivity index (χ4n) is 5.68. The first-order chi connectivity index (χ1) is 9.78. The minimum atomic E-state index is 0.526. The predicted octanol–water partition coefficient (Wildman–Crippen LogP) is 4.68. The van der Waals surface area contributed by atoms with E-state index in [0.717, 1.165) is 30.2 Å². The number of nitrogens with one attached hydrogen (secondary N) is 1. The zero-order chi connectivity index (χ0) is 13.2. The molecule has 0 aromatic carbocycles. The maximum Gasteiger partial charge on any atom is 0.0305 e. The van der Waals surface area contributed by atoms with Gasteiger partial charge in [-0.1, -0.05) is 0 Å². The van der Waals surface area contributed by atoms with Crippen molar-refractivity contribution in [2.45, 2.75) is 69.4 Å². The summed E-state index contributed by atoms with van der Waals surface area (Å²) < 4.78 is 0. The summed E-state index contributed by atoms with van der Waals surface area (Å²) >= 11 is 2.07. The molecule has 1 aromatic rings. The lowest BCUT2D eigenvalue weighted by Gasteiger charge is -2.57. The van der Waals surface area contributed by atoms with Gasteiger partial charge in [-0.2, -0.15) is 0 Å². The second kappa shape index (κ2) is 4.33. The Labute approximate surface area is 126 Å². The van der Waals surface area contributed by atoms with E-state index in [2.05, 4.69) is 28.8 Å². The average molecular weight is 287 g/mol. The lowest BCUT2D eigenvalue weighted by molar-refractivity contribution is -0.0204. The first-order valence-electron chi connectivity index (χ1n) is 8.62. The molecule has 0 unspecified atom stereocenters.